The molecule has 0 aliphatic rings. The van der Waals surface area contributed by atoms with Gasteiger partial charge in [-0.1, -0.05) is 38.1 Å². The molecule has 1 aromatic carbocycles. The maximum absolute atomic E-state index is 5.78. The Morgan fingerprint density at radius 2 is 2.18 bits per heavy atom. The number of hydrogen-bond acceptors (Lipinski definition) is 2. The van der Waals surface area contributed by atoms with E-state index in [2.05, 4.69) is 38.8 Å². The summed E-state index contributed by atoms with van der Waals surface area (Å²) in [6.07, 6.45) is 6.16. The third kappa shape index (κ3) is 4.12. The Morgan fingerprint density at radius 3 is 2.76 bits per heavy atom. The van der Waals surface area contributed by atoms with Crippen LogP contribution < -0.4 is 4.74 Å². The zero-order valence-electron chi connectivity index (χ0n) is 11.1. The van der Waals surface area contributed by atoms with Crippen molar-refractivity contribution in [1.82, 2.24) is 0 Å². The average Bonchev–Trinajstić information content (AvgIpc) is 2.29. The van der Waals surface area contributed by atoms with E-state index in [1.165, 1.54) is 16.7 Å². The van der Waals surface area contributed by atoms with E-state index in [0.717, 1.165) is 24.3 Å². The van der Waals surface area contributed by atoms with Crippen molar-refractivity contribution in [3.8, 4) is 5.75 Å². The Bertz CT molecular complexity index is 371. The highest BCUT2D eigenvalue weighted by Crippen LogP contribution is 2.28. The molecule has 2 heteroatoms. The Balaban J connectivity index is 3.03. The number of thioether (sulfide) groups is 1. The van der Waals surface area contributed by atoms with Gasteiger partial charge in [0.05, 0.1) is 0 Å². The minimum atomic E-state index is 0.583. The topological polar surface area (TPSA) is 9.23 Å². The smallest absolute Gasteiger partial charge is 0.125 e. The summed E-state index contributed by atoms with van der Waals surface area (Å²) in [4.78, 5) is 0. The molecule has 1 aromatic rings. The van der Waals surface area contributed by atoms with Gasteiger partial charge in [0.15, 0.2) is 0 Å². The molecular formula is C15H22OS. The van der Waals surface area contributed by atoms with E-state index in [0.29, 0.717) is 6.61 Å². The number of ether oxygens (including phenoxy) is 1. The summed E-state index contributed by atoms with van der Waals surface area (Å²) in [5.41, 5.74) is 3.96. The van der Waals surface area contributed by atoms with Crippen molar-refractivity contribution in [2.75, 3.05) is 12.9 Å². The first-order valence-corrected chi connectivity index (χ1v) is 7.47. The van der Waals surface area contributed by atoms with Crippen LogP contribution in [0, 0.1) is 6.92 Å². The van der Waals surface area contributed by atoms with Crippen molar-refractivity contribution in [2.45, 2.75) is 32.4 Å². The summed E-state index contributed by atoms with van der Waals surface area (Å²) < 4.78 is 5.78. The zero-order chi connectivity index (χ0) is 12.7. The molecule has 0 fully saturated rings. The van der Waals surface area contributed by atoms with Gasteiger partial charge in [-0.2, -0.15) is 11.8 Å². The molecule has 94 valence electrons. The molecule has 0 bridgehead atoms. The Hall–Kier alpha value is -0.890. The van der Waals surface area contributed by atoms with Crippen molar-refractivity contribution in [3.63, 3.8) is 0 Å². The van der Waals surface area contributed by atoms with Crippen molar-refractivity contribution in [3.05, 3.63) is 41.5 Å². The summed E-state index contributed by atoms with van der Waals surface area (Å²) in [5, 5.41) is 0. The zero-order valence-corrected chi connectivity index (χ0v) is 11.9. The molecule has 0 aliphatic heterocycles. The first-order chi connectivity index (χ1) is 8.22. The lowest BCUT2D eigenvalue weighted by Crippen LogP contribution is -2.01. The van der Waals surface area contributed by atoms with Crippen LogP contribution >= 0.6 is 11.8 Å². The number of benzene rings is 1. The van der Waals surface area contributed by atoms with Crippen molar-refractivity contribution in [1.29, 1.82) is 0 Å². The van der Waals surface area contributed by atoms with Crippen LogP contribution in [-0.4, -0.2) is 12.9 Å². The Kier molecular flexibility index (Phi) is 6.20. The van der Waals surface area contributed by atoms with E-state index in [1.54, 1.807) is 6.08 Å². The van der Waals surface area contributed by atoms with Gasteiger partial charge in [0.2, 0.25) is 0 Å². The lowest BCUT2D eigenvalue weighted by Gasteiger charge is -2.15. The summed E-state index contributed by atoms with van der Waals surface area (Å²) in [6, 6.07) is 4.51. The molecule has 0 amide bonds. The van der Waals surface area contributed by atoms with Crippen LogP contribution in [0.4, 0.5) is 0 Å². The molecule has 0 spiro atoms. The van der Waals surface area contributed by atoms with Gasteiger partial charge >= 0.3 is 0 Å². The molecule has 0 aromatic heterocycles. The molecule has 0 aliphatic carbocycles. The normalized spacial score (nSPS) is 10.3. The predicted octanol–water partition coefficient (Wildman–Crippen LogP) is 4.38. The van der Waals surface area contributed by atoms with Gasteiger partial charge < -0.3 is 4.74 Å². The monoisotopic (exact) mass is 250 g/mol. The maximum atomic E-state index is 5.78. The number of aryl methyl sites for hydroxylation is 2. The standard InChI is InChI=1S/C15H22OS/c1-5-7-14-10-13(11-17-4)9-12(3)15(14)16-8-6-2/h6,9-10H,2,5,7-8,11H2,1,3-4H3. The minimum absolute atomic E-state index is 0.583. The lowest BCUT2D eigenvalue weighted by molar-refractivity contribution is 0.356. The molecule has 0 unspecified atom stereocenters. The molecule has 0 radical (unpaired) electrons. The summed E-state index contributed by atoms with van der Waals surface area (Å²) >= 11 is 1.86. The van der Waals surface area contributed by atoms with Crippen LogP contribution in [0.25, 0.3) is 0 Å². The Morgan fingerprint density at radius 1 is 1.41 bits per heavy atom. The number of hydrogen-bond donors (Lipinski definition) is 0. The van der Waals surface area contributed by atoms with Crippen LogP contribution in [0.1, 0.15) is 30.0 Å². The molecule has 0 saturated carbocycles. The van der Waals surface area contributed by atoms with Crippen molar-refractivity contribution >= 4 is 11.8 Å². The third-order valence-electron chi connectivity index (χ3n) is 2.59. The highest BCUT2D eigenvalue weighted by molar-refractivity contribution is 7.97. The summed E-state index contributed by atoms with van der Waals surface area (Å²) in [6.45, 7) is 8.61. The minimum Gasteiger partial charge on any atom is -0.489 e. The molecule has 1 nitrogen and oxygen atoms in total. The molecule has 0 atom stereocenters. The molecule has 17 heavy (non-hydrogen) atoms. The Labute approximate surface area is 109 Å². The highest BCUT2D eigenvalue weighted by atomic mass is 32.2. The second-order valence-electron chi connectivity index (χ2n) is 4.18. The lowest BCUT2D eigenvalue weighted by atomic mass is 10.0. The molecule has 0 saturated heterocycles. The third-order valence-corrected chi connectivity index (χ3v) is 3.21. The van der Waals surface area contributed by atoms with Gasteiger partial charge in [0.25, 0.3) is 0 Å². The quantitative estimate of drug-likeness (QED) is 0.664. The summed E-state index contributed by atoms with van der Waals surface area (Å²) in [7, 11) is 0. The first-order valence-electron chi connectivity index (χ1n) is 6.08. The fourth-order valence-electron chi connectivity index (χ4n) is 1.98. The van der Waals surface area contributed by atoms with E-state index in [1.807, 2.05) is 11.8 Å². The van der Waals surface area contributed by atoms with Gasteiger partial charge in [0, 0.05) is 5.75 Å². The average molecular weight is 250 g/mol. The van der Waals surface area contributed by atoms with Gasteiger partial charge in [0.1, 0.15) is 12.4 Å². The van der Waals surface area contributed by atoms with Crippen LogP contribution in [0.5, 0.6) is 5.75 Å². The van der Waals surface area contributed by atoms with Gasteiger partial charge in [-0.3, -0.25) is 0 Å². The van der Waals surface area contributed by atoms with E-state index < -0.39 is 0 Å². The van der Waals surface area contributed by atoms with Crippen LogP contribution in [0.2, 0.25) is 0 Å². The van der Waals surface area contributed by atoms with E-state index in [9.17, 15) is 0 Å². The molecule has 1 rings (SSSR count). The van der Waals surface area contributed by atoms with E-state index >= 15 is 0 Å². The van der Waals surface area contributed by atoms with Crippen LogP contribution in [0.3, 0.4) is 0 Å². The van der Waals surface area contributed by atoms with Gasteiger partial charge in [-0.25, -0.2) is 0 Å². The molecular weight excluding hydrogens is 228 g/mol. The summed E-state index contributed by atoms with van der Waals surface area (Å²) in [5.74, 6) is 2.12. The van der Waals surface area contributed by atoms with Gasteiger partial charge in [-0.15, -0.1) is 0 Å². The van der Waals surface area contributed by atoms with Crippen LogP contribution in [-0.2, 0) is 12.2 Å². The van der Waals surface area contributed by atoms with Gasteiger partial charge in [-0.05, 0) is 36.3 Å². The second-order valence-corrected chi connectivity index (χ2v) is 5.05. The second kappa shape index (κ2) is 7.44. The van der Waals surface area contributed by atoms with E-state index in [4.69, 9.17) is 4.74 Å². The SMILES string of the molecule is C=CCOc1c(C)cc(CSC)cc1CCC. The largest absolute Gasteiger partial charge is 0.489 e. The predicted molar refractivity (Wildman–Crippen MR) is 78.1 cm³/mol. The van der Waals surface area contributed by atoms with Crippen LogP contribution in [0.15, 0.2) is 24.8 Å². The maximum Gasteiger partial charge on any atom is 0.125 e. The highest BCUT2D eigenvalue weighted by Gasteiger charge is 2.08. The first kappa shape index (κ1) is 14.2. The fraction of sp³-hybridized carbons (Fsp3) is 0.467. The molecule has 0 N–H and O–H groups in total. The van der Waals surface area contributed by atoms with Crippen molar-refractivity contribution in [2.24, 2.45) is 0 Å². The number of rotatable bonds is 7. The fourth-order valence-corrected chi connectivity index (χ4v) is 2.48. The van der Waals surface area contributed by atoms with Crippen molar-refractivity contribution < 1.29 is 4.74 Å². The van der Waals surface area contributed by atoms with E-state index in [-0.39, 0.29) is 0 Å². The molecule has 0 heterocycles.